The summed E-state index contributed by atoms with van der Waals surface area (Å²) < 4.78 is 1.86. The Hall–Kier alpha value is -1.88. The quantitative estimate of drug-likeness (QED) is 0.913. The van der Waals surface area contributed by atoms with Gasteiger partial charge in [0.25, 0.3) is 0 Å². The molecule has 0 unspecified atom stereocenters. The topological polar surface area (TPSA) is 50.2 Å². The van der Waals surface area contributed by atoms with Crippen molar-refractivity contribution >= 4 is 16.8 Å². The van der Waals surface area contributed by atoms with Crippen molar-refractivity contribution in [3.63, 3.8) is 0 Å². The molecule has 1 heterocycles. The zero-order valence-electron chi connectivity index (χ0n) is 13.5. The Morgan fingerprint density at radius 1 is 1.48 bits per heavy atom. The smallest absolute Gasteiger partial charge is 0.237 e. The number of carbonyl (C=O) groups is 1. The van der Waals surface area contributed by atoms with Crippen LogP contribution >= 0.6 is 0 Å². The first kappa shape index (κ1) is 15.5. The van der Waals surface area contributed by atoms with Gasteiger partial charge in [-0.15, -0.1) is 0 Å². The third-order valence-electron chi connectivity index (χ3n) is 4.05. The van der Waals surface area contributed by atoms with Crippen molar-refractivity contribution in [2.75, 3.05) is 13.6 Å². The van der Waals surface area contributed by atoms with Crippen molar-refractivity contribution in [3.8, 4) is 0 Å². The van der Waals surface area contributed by atoms with Crippen molar-refractivity contribution in [2.45, 2.75) is 33.4 Å². The van der Waals surface area contributed by atoms with Gasteiger partial charge in [-0.05, 0) is 39.6 Å². The Labute approximate surface area is 125 Å². The Balaban J connectivity index is 2.14. The Bertz CT molecular complexity index is 647. The number of nitrogens with zero attached hydrogens (tertiary/aromatic N) is 3. The minimum atomic E-state index is -0.133. The average molecular weight is 288 g/mol. The van der Waals surface area contributed by atoms with Crippen LogP contribution in [-0.4, -0.2) is 40.2 Å². The fourth-order valence-corrected chi connectivity index (χ4v) is 2.38. The lowest BCUT2D eigenvalue weighted by Gasteiger charge is -2.21. The molecule has 1 aromatic heterocycles. The van der Waals surface area contributed by atoms with E-state index >= 15 is 0 Å². The van der Waals surface area contributed by atoms with Crippen LogP contribution < -0.4 is 5.32 Å². The molecule has 1 N–H and O–H groups in total. The molecule has 1 aromatic carbocycles. The summed E-state index contributed by atoms with van der Waals surface area (Å²) in [6.07, 6.45) is 0. The molecule has 0 bridgehead atoms. The van der Waals surface area contributed by atoms with Crippen LogP contribution in [0.5, 0.6) is 0 Å². The molecule has 2 aromatic rings. The molecule has 0 aliphatic heterocycles. The number of aryl methyl sites for hydroxylation is 2. The number of rotatable bonds is 5. The van der Waals surface area contributed by atoms with E-state index in [1.807, 2.05) is 37.5 Å². The van der Waals surface area contributed by atoms with Gasteiger partial charge in [-0.1, -0.05) is 18.6 Å². The molecule has 0 saturated carbocycles. The molecule has 0 radical (unpaired) electrons. The lowest BCUT2D eigenvalue weighted by Crippen LogP contribution is -2.42. The normalized spacial score (nSPS) is 12.9. The number of fused-ring (bicyclic) bond motifs is 1. The van der Waals surface area contributed by atoms with Crippen LogP contribution in [0.2, 0.25) is 0 Å². The Morgan fingerprint density at radius 3 is 2.86 bits per heavy atom. The molecular formula is C16H24N4O. The fourth-order valence-electron chi connectivity index (χ4n) is 2.38. The maximum Gasteiger partial charge on any atom is 0.237 e. The second-order valence-corrected chi connectivity index (χ2v) is 5.56. The number of amides is 1. The monoisotopic (exact) mass is 288 g/mol. The standard InChI is InChI=1S/C16H24N4O/c1-6-19(4)12(3)16(21)17-10-14-13-9-11(2)7-8-15(13)20(5)18-14/h7-9,12H,6,10H2,1-5H3,(H,17,21)/t12-/m1/s1. The minimum absolute atomic E-state index is 0.0332. The van der Waals surface area contributed by atoms with Crippen LogP contribution in [0.4, 0.5) is 0 Å². The molecule has 1 atom stereocenters. The highest BCUT2D eigenvalue weighted by atomic mass is 16.2. The molecule has 5 heteroatoms. The Morgan fingerprint density at radius 2 is 2.19 bits per heavy atom. The zero-order chi connectivity index (χ0) is 15.6. The molecule has 0 saturated heterocycles. The molecule has 0 spiro atoms. The van der Waals surface area contributed by atoms with Gasteiger partial charge in [0, 0.05) is 12.4 Å². The molecule has 1 amide bonds. The van der Waals surface area contributed by atoms with Gasteiger partial charge < -0.3 is 5.32 Å². The van der Waals surface area contributed by atoms with E-state index in [0.29, 0.717) is 6.54 Å². The van der Waals surface area contributed by atoms with E-state index in [0.717, 1.165) is 23.1 Å². The maximum atomic E-state index is 12.1. The zero-order valence-corrected chi connectivity index (χ0v) is 13.5. The highest BCUT2D eigenvalue weighted by Crippen LogP contribution is 2.19. The molecule has 114 valence electrons. The summed E-state index contributed by atoms with van der Waals surface area (Å²) in [5, 5.41) is 8.60. The minimum Gasteiger partial charge on any atom is -0.349 e. The van der Waals surface area contributed by atoms with Gasteiger partial charge in [0.1, 0.15) is 0 Å². The average Bonchev–Trinajstić information content (AvgIpc) is 2.78. The number of nitrogens with one attached hydrogen (secondary N) is 1. The van der Waals surface area contributed by atoms with E-state index in [-0.39, 0.29) is 11.9 Å². The molecule has 0 aliphatic carbocycles. The summed E-state index contributed by atoms with van der Waals surface area (Å²) in [5.74, 6) is 0.0332. The molecule has 5 nitrogen and oxygen atoms in total. The van der Waals surface area contributed by atoms with E-state index < -0.39 is 0 Å². The fraction of sp³-hybridized carbons (Fsp3) is 0.500. The van der Waals surface area contributed by atoms with Gasteiger partial charge in [0.05, 0.1) is 23.8 Å². The number of hydrogen-bond acceptors (Lipinski definition) is 3. The van der Waals surface area contributed by atoms with E-state index in [4.69, 9.17) is 0 Å². The first-order valence-corrected chi connectivity index (χ1v) is 7.34. The van der Waals surface area contributed by atoms with E-state index in [9.17, 15) is 4.79 Å². The highest BCUT2D eigenvalue weighted by molar-refractivity contribution is 5.84. The predicted octanol–water partition coefficient (Wildman–Crippen LogP) is 1.84. The number of hydrogen-bond donors (Lipinski definition) is 1. The Kier molecular flexibility index (Phi) is 4.63. The van der Waals surface area contributed by atoms with Gasteiger partial charge in [0.15, 0.2) is 0 Å². The van der Waals surface area contributed by atoms with Gasteiger partial charge in [-0.25, -0.2) is 0 Å². The predicted molar refractivity (Wildman–Crippen MR) is 85.1 cm³/mol. The molecule has 21 heavy (non-hydrogen) atoms. The summed E-state index contributed by atoms with van der Waals surface area (Å²) in [6.45, 7) is 7.33. The summed E-state index contributed by atoms with van der Waals surface area (Å²) >= 11 is 0. The molecule has 2 rings (SSSR count). The van der Waals surface area contributed by atoms with Crippen LogP contribution in [0, 0.1) is 6.92 Å². The van der Waals surface area contributed by atoms with Crippen LogP contribution in [-0.2, 0) is 18.4 Å². The van der Waals surface area contributed by atoms with E-state index in [1.165, 1.54) is 5.56 Å². The number of carbonyl (C=O) groups excluding carboxylic acids is 1. The third kappa shape index (κ3) is 3.24. The summed E-state index contributed by atoms with van der Waals surface area (Å²) in [5.41, 5.74) is 3.20. The van der Waals surface area contributed by atoms with Crippen LogP contribution in [0.1, 0.15) is 25.1 Å². The lowest BCUT2D eigenvalue weighted by molar-refractivity contribution is -0.125. The molecule has 0 fully saturated rings. The summed E-state index contributed by atoms with van der Waals surface area (Å²) in [7, 11) is 3.88. The van der Waals surface area contributed by atoms with Crippen molar-refractivity contribution in [2.24, 2.45) is 7.05 Å². The third-order valence-corrected chi connectivity index (χ3v) is 4.05. The maximum absolute atomic E-state index is 12.1. The van der Waals surface area contributed by atoms with E-state index in [1.54, 1.807) is 0 Å². The van der Waals surface area contributed by atoms with Crippen molar-refractivity contribution in [1.29, 1.82) is 0 Å². The van der Waals surface area contributed by atoms with Crippen LogP contribution in [0.15, 0.2) is 18.2 Å². The number of benzene rings is 1. The van der Waals surface area contributed by atoms with Gasteiger partial charge in [-0.3, -0.25) is 14.4 Å². The van der Waals surface area contributed by atoms with Crippen molar-refractivity contribution < 1.29 is 4.79 Å². The number of likely N-dealkylation sites (N-methyl/N-ethyl adjacent to an activating group) is 1. The SMILES string of the molecule is CCN(C)[C@H](C)C(=O)NCc1nn(C)c2ccc(C)cc12. The molecular weight excluding hydrogens is 264 g/mol. The van der Waals surface area contributed by atoms with Gasteiger partial charge in [0.2, 0.25) is 5.91 Å². The molecule has 0 aliphatic rings. The van der Waals surface area contributed by atoms with Gasteiger partial charge >= 0.3 is 0 Å². The summed E-state index contributed by atoms with van der Waals surface area (Å²) in [4.78, 5) is 14.1. The second kappa shape index (κ2) is 6.26. The largest absolute Gasteiger partial charge is 0.349 e. The lowest BCUT2D eigenvalue weighted by atomic mass is 10.1. The van der Waals surface area contributed by atoms with Crippen molar-refractivity contribution in [1.82, 2.24) is 20.0 Å². The first-order valence-electron chi connectivity index (χ1n) is 7.34. The first-order chi connectivity index (χ1) is 9.93. The van der Waals surface area contributed by atoms with Crippen LogP contribution in [0.25, 0.3) is 10.9 Å². The highest BCUT2D eigenvalue weighted by Gasteiger charge is 2.17. The summed E-state index contributed by atoms with van der Waals surface area (Å²) in [6, 6.07) is 6.12. The second-order valence-electron chi connectivity index (χ2n) is 5.56. The number of aromatic nitrogens is 2. The van der Waals surface area contributed by atoms with Crippen molar-refractivity contribution in [3.05, 3.63) is 29.5 Å². The van der Waals surface area contributed by atoms with Gasteiger partial charge in [-0.2, -0.15) is 5.10 Å². The van der Waals surface area contributed by atoms with Crippen LogP contribution in [0.3, 0.4) is 0 Å². The van der Waals surface area contributed by atoms with E-state index in [2.05, 4.69) is 35.5 Å².